The maximum Gasteiger partial charge on any atom is 0.113 e. The van der Waals surface area contributed by atoms with Crippen molar-refractivity contribution < 1.29 is 4.74 Å². The number of ether oxygens (including phenoxy) is 1. The van der Waals surface area contributed by atoms with Crippen LogP contribution in [-0.4, -0.2) is 50.9 Å². The molecule has 2 aromatic heterocycles. The van der Waals surface area contributed by atoms with Crippen LogP contribution < -0.4 is 15.5 Å². The Bertz CT molecular complexity index is 659. The minimum atomic E-state index is 0.0753. The molecule has 0 spiro atoms. The highest BCUT2D eigenvalue weighted by Gasteiger charge is 2.24. The average molecular weight is 318 g/mol. The topological polar surface area (TPSA) is 49.4 Å². The van der Waals surface area contributed by atoms with E-state index >= 15 is 0 Å². The summed E-state index contributed by atoms with van der Waals surface area (Å²) in [5, 5.41) is 9.56. The Morgan fingerprint density at radius 1 is 1.27 bits per heavy atom. The van der Waals surface area contributed by atoms with Gasteiger partial charge >= 0.3 is 0 Å². The van der Waals surface area contributed by atoms with Crippen LogP contribution in [0.25, 0.3) is 10.1 Å². The zero-order valence-electron chi connectivity index (χ0n) is 12.9. The quantitative estimate of drug-likeness (QED) is 0.882. The van der Waals surface area contributed by atoms with Crippen molar-refractivity contribution in [1.29, 1.82) is 0 Å². The van der Waals surface area contributed by atoms with E-state index in [1.165, 1.54) is 20.7 Å². The van der Waals surface area contributed by atoms with E-state index in [9.17, 15) is 0 Å². The van der Waals surface area contributed by atoms with Gasteiger partial charge in [0.1, 0.15) is 6.10 Å². The molecule has 2 aliphatic rings. The molecule has 0 radical (unpaired) electrons. The van der Waals surface area contributed by atoms with Gasteiger partial charge in [-0.1, -0.05) is 0 Å². The van der Waals surface area contributed by atoms with Crippen LogP contribution in [0.3, 0.4) is 0 Å². The lowest BCUT2D eigenvalue weighted by Gasteiger charge is -2.28. The number of piperazine rings is 1. The third-order valence-electron chi connectivity index (χ3n) is 4.49. The summed E-state index contributed by atoms with van der Waals surface area (Å²) in [5.41, 5.74) is 2.48. The van der Waals surface area contributed by atoms with Crippen molar-refractivity contribution in [2.24, 2.45) is 0 Å². The maximum atomic E-state index is 5.92. The predicted octanol–water partition coefficient (Wildman–Crippen LogP) is 1.68. The molecule has 1 unspecified atom stereocenters. The molecule has 2 fully saturated rings. The standard InChI is InChI=1S/C16H22N4OS/c1-11-12-2-3-19-14(13-10-18-6-9-21-13)15(12)22-16(11)20-7-4-17-5-8-20/h2-3,13,17-18H,4-10H2,1H3. The predicted molar refractivity (Wildman–Crippen MR) is 91.0 cm³/mol. The molecule has 0 saturated carbocycles. The normalized spacial score (nSPS) is 23.1. The minimum absolute atomic E-state index is 0.0753. The number of nitrogens with one attached hydrogen (secondary N) is 2. The van der Waals surface area contributed by atoms with E-state index in [0.29, 0.717) is 0 Å². The largest absolute Gasteiger partial charge is 0.369 e. The average Bonchev–Trinajstić information content (AvgIpc) is 2.94. The molecule has 6 heteroatoms. The van der Waals surface area contributed by atoms with E-state index in [2.05, 4.69) is 33.5 Å². The van der Waals surface area contributed by atoms with Gasteiger partial charge in [-0.3, -0.25) is 4.98 Å². The summed E-state index contributed by atoms with van der Waals surface area (Å²) in [6.45, 7) is 9.07. The minimum Gasteiger partial charge on any atom is -0.369 e. The highest BCUT2D eigenvalue weighted by molar-refractivity contribution is 7.23. The first-order valence-corrected chi connectivity index (χ1v) is 8.82. The summed E-state index contributed by atoms with van der Waals surface area (Å²) in [4.78, 5) is 7.14. The fraction of sp³-hybridized carbons (Fsp3) is 0.562. The molecule has 4 heterocycles. The third kappa shape index (κ3) is 2.50. The van der Waals surface area contributed by atoms with Crippen molar-refractivity contribution in [2.45, 2.75) is 13.0 Å². The molecule has 4 rings (SSSR count). The maximum absolute atomic E-state index is 5.92. The van der Waals surface area contributed by atoms with Gasteiger partial charge in [0.25, 0.3) is 0 Å². The van der Waals surface area contributed by atoms with Gasteiger partial charge in [-0.15, -0.1) is 11.3 Å². The lowest BCUT2D eigenvalue weighted by atomic mass is 10.1. The van der Waals surface area contributed by atoms with Crippen molar-refractivity contribution in [3.63, 3.8) is 0 Å². The molecule has 2 aromatic rings. The summed E-state index contributed by atoms with van der Waals surface area (Å²) >= 11 is 1.88. The first kappa shape index (κ1) is 14.4. The number of aryl methyl sites for hydroxylation is 1. The number of anilines is 1. The highest BCUT2D eigenvalue weighted by atomic mass is 32.1. The molecular weight excluding hydrogens is 296 g/mol. The van der Waals surface area contributed by atoms with Crippen molar-refractivity contribution in [3.8, 4) is 0 Å². The Morgan fingerprint density at radius 2 is 2.14 bits per heavy atom. The van der Waals surface area contributed by atoms with Crippen molar-refractivity contribution in [2.75, 3.05) is 50.8 Å². The van der Waals surface area contributed by atoms with Crippen LogP contribution in [0.4, 0.5) is 5.00 Å². The Morgan fingerprint density at radius 3 is 2.91 bits per heavy atom. The lowest BCUT2D eigenvalue weighted by molar-refractivity contribution is 0.0261. The van der Waals surface area contributed by atoms with E-state index in [1.54, 1.807) is 0 Å². The van der Waals surface area contributed by atoms with E-state index < -0.39 is 0 Å². The number of pyridine rings is 1. The summed E-state index contributed by atoms with van der Waals surface area (Å²) in [6, 6.07) is 2.15. The number of nitrogens with zero attached hydrogens (tertiary/aromatic N) is 2. The van der Waals surface area contributed by atoms with Gasteiger partial charge in [0.05, 0.1) is 22.0 Å². The highest BCUT2D eigenvalue weighted by Crippen LogP contribution is 2.40. The molecule has 0 amide bonds. The molecule has 118 valence electrons. The number of aromatic nitrogens is 1. The molecule has 22 heavy (non-hydrogen) atoms. The van der Waals surface area contributed by atoms with Crippen LogP contribution in [0.15, 0.2) is 12.3 Å². The molecule has 2 N–H and O–H groups in total. The number of fused-ring (bicyclic) bond motifs is 1. The van der Waals surface area contributed by atoms with E-state index in [0.717, 1.165) is 51.6 Å². The van der Waals surface area contributed by atoms with Gasteiger partial charge in [-0.05, 0) is 18.6 Å². The van der Waals surface area contributed by atoms with Crippen molar-refractivity contribution in [1.82, 2.24) is 15.6 Å². The van der Waals surface area contributed by atoms with Crippen LogP contribution in [0.5, 0.6) is 0 Å². The number of thiophene rings is 1. The molecule has 0 aliphatic carbocycles. The molecule has 0 bridgehead atoms. The van der Waals surface area contributed by atoms with E-state index in [1.807, 2.05) is 17.5 Å². The summed E-state index contributed by atoms with van der Waals surface area (Å²) in [5.74, 6) is 0. The van der Waals surface area contributed by atoms with Gasteiger partial charge in [0, 0.05) is 50.9 Å². The molecule has 0 aromatic carbocycles. The van der Waals surface area contributed by atoms with Gasteiger partial charge in [-0.25, -0.2) is 0 Å². The number of rotatable bonds is 2. The van der Waals surface area contributed by atoms with E-state index in [4.69, 9.17) is 4.74 Å². The second kappa shape index (κ2) is 6.12. The third-order valence-corrected chi connectivity index (χ3v) is 5.88. The Kier molecular flexibility index (Phi) is 4.00. The van der Waals surface area contributed by atoms with Gasteiger partial charge in [0.15, 0.2) is 0 Å². The number of hydrogen-bond donors (Lipinski definition) is 2. The number of morpholine rings is 1. The number of hydrogen-bond acceptors (Lipinski definition) is 6. The van der Waals surface area contributed by atoms with Gasteiger partial charge in [0.2, 0.25) is 0 Å². The van der Waals surface area contributed by atoms with Crippen LogP contribution in [-0.2, 0) is 4.74 Å². The monoisotopic (exact) mass is 318 g/mol. The molecule has 5 nitrogen and oxygen atoms in total. The van der Waals surface area contributed by atoms with Crippen LogP contribution >= 0.6 is 11.3 Å². The van der Waals surface area contributed by atoms with Gasteiger partial charge in [-0.2, -0.15) is 0 Å². The Hall–Kier alpha value is -1.21. The molecule has 2 aliphatic heterocycles. The first-order chi connectivity index (χ1) is 10.8. The van der Waals surface area contributed by atoms with Crippen LogP contribution in [0.1, 0.15) is 17.4 Å². The second-order valence-electron chi connectivity index (χ2n) is 5.91. The van der Waals surface area contributed by atoms with Crippen LogP contribution in [0.2, 0.25) is 0 Å². The Balaban J connectivity index is 1.75. The second-order valence-corrected chi connectivity index (χ2v) is 6.90. The molecule has 2 saturated heterocycles. The SMILES string of the molecule is Cc1c(N2CCNCC2)sc2c(C3CNCCO3)nccc12. The zero-order valence-corrected chi connectivity index (χ0v) is 13.7. The van der Waals surface area contributed by atoms with Crippen molar-refractivity contribution >= 4 is 26.4 Å². The van der Waals surface area contributed by atoms with E-state index in [-0.39, 0.29) is 6.10 Å². The van der Waals surface area contributed by atoms with Crippen LogP contribution in [0, 0.1) is 6.92 Å². The zero-order chi connectivity index (χ0) is 14.9. The molecule has 1 atom stereocenters. The summed E-state index contributed by atoms with van der Waals surface area (Å²) < 4.78 is 7.22. The Labute approximate surface area is 134 Å². The summed E-state index contributed by atoms with van der Waals surface area (Å²) in [7, 11) is 0. The first-order valence-electron chi connectivity index (χ1n) is 8.00. The lowest BCUT2D eigenvalue weighted by Crippen LogP contribution is -2.43. The summed E-state index contributed by atoms with van der Waals surface area (Å²) in [6.07, 6.45) is 2.00. The molecular formula is C16H22N4OS. The van der Waals surface area contributed by atoms with Gasteiger partial charge < -0.3 is 20.3 Å². The van der Waals surface area contributed by atoms with Crippen molar-refractivity contribution in [3.05, 3.63) is 23.5 Å². The fourth-order valence-electron chi connectivity index (χ4n) is 3.30. The smallest absolute Gasteiger partial charge is 0.113 e. The fourth-order valence-corrected chi connectivity index (χ4v) is 4.68.